The number of aliphatic hydroxyl groups is 1. The first-order valence-corrected chi connectivity index (χ1v) is 11.5. The molecule has 3 nitrogen and oxygen atoms in total. The van der Waals surface area contributed by atoms with Crippen LogP contribution in [0.2, 0.25) is 0 Å². The summed E-state index contributed by atoms with van der Waals surface area (Å²) in [7, 11) is 0. The average molecular weight is 412 g/mol. The normalized spacial score (nSPS) is 16.8. The van der Waals surface area contributed by atoms with Crippen LogP contribution in [-0.4, -0.2) is 17.6 Å². The van der Waals surface area contributed by atoms with Crippen molar-refractivity contribution >= 4 is 28.6 Å². The first-order valence-electron chi connectivity index (χ1n) is 9.76. The molecular formula is C23H25NO2S2. The van der Waals surface area contributed by atoms with Gasteiger partial charge in [0.15, 0.2) is 0 Å². The maximum Gasteiger partial charge on any atom is 0.251 e. The highest BCUT2D eigenvalue weighted by atomic mass is 32.1. The van der Waals surface area contributed by atoms with E-state index >= 15 is 0 Å². The van der Waals surface area contributed by atoms with Gasteiger partial charge in [-0.1, -0.05) is 25.0 Å². The second-order valence-corrected chi connectivity index (χ2v) is 9.53. The molecule has 2 heterocycles. The van der Waals surface area contributed by atoms with Crippen LogP contribution in [0.4, 0.5) is 0 Å². The summed E-state index contributed by atoms with van der Waals surface area (Å²) in [5.74, 6) is -0.0181. The summed E-state index contributed by atoms with van der Waals surface area (Å²) in [4.78, 5) is 15.0. The third kappa shape index (κ3) is 3.93. The fraction of sp³-hybridized carbons (Fsp3) is 0.348. The van der Waals surface area contributed by atoms with Crippen LogP contribution >= 0.6 is 22.7 Å². The molecule has 1 fully saturated rings. The largest absolute Gasteiger partial charge is 0.388 e. The van der Waals surface area contributed by atoms with E-state index in [0.29, 0.717) is 12.1 Å². The predicted octanol–water partition coefficient (Wildman–Crippen LogP) is 5.77. The predicted molar refractivity (Wildman–Crippen MR) is 117 cm³/mol. The molecule has 2 aromatic heterocycles. The molecule has 1 aliphatic carbocycles. The van der Waals surface area contributed by atoms with Gasteiger partial charge in [0.25, 0.3) is 5.91 Å². The van der Waals surface area contributed by atoms with E-state index in [1.807, 2.05) is 30.3 Å². The summed E-state index contributed by atoms with van der Waals surface area (Å²) in [5, 5.41) is 17.2. The first kappa shape index (κ1) is 19.4. The molecule has 0 aliphatic heterocycles. The Morgan fingerprint density at radius 3 is 2.46 bits per heavy atom. The van der Waals surface area contributed by atoms with Crippen molar-refractivity contribution in [1.82, 2.24) is 5.32 Å². The smallest absolute Gasteiger partial charge is 0.251 e. The molecule has 0 spiro atoms. The maximum absolute atomic E-state index is 12.7. The molecule has 1 amide bonds. The number of amides is 1. The van der Waals surface area contributed by atoms with E-state index in [4.69, 9.17) is 0 Å². The van der Waals surface area contributed by atoms with E-state index in [9.17, 15) is 9.90 Å². The fourth-order valence-electron chi connectivity index (χ4n) is 4.02. The summed E-state index contributed by atoms with van der Waals surface area (Å²) >= 11 is 3.36. The van der Waals surface area contributed by atoms with Crippen molar-refractivity contribution in [3.63, 3.8) is 0 Å². The average Bonchev–Trinajstić information content (AvgIpc) is 3.48. The molecular weight excluding hydrogens is 386 g/mol. The van der Waals surface area contributed by atoms with Crippen molar-refractivity contribution in [2.75, 3.05) is 6.54 Å². The second-order valence-electron chi connectivity index (χ2n) is 7.64. The fourth-order valence-corrected chi connectivity index (χ4v) is 5.87. The Morgan fingerprint density at radius 2 is 1.86 bits per heavy atom. The third-order valence-corrected chi connectivity index (χ3v) is 7.90. The number of carbonyl (C=O) groups is 1. The Balaban J connectivity index is 1.46. The standard InChI is InChI=1S/C23H25NO2S2/c1-16(25)20-8-9-21(28-20)23(11-2-3-12-23)15-24-22(26)18-6-4-17(5-7-18)19-10-13-27-14-19/h4-10,13-14,16,25H,2-3,11-12,15H2,1H3,(H,24,26)/t16-/m1/s1. The molecule has 0 unspecified atom stereocenters. The van der Waals surface area contributed by atoms with Crippen molar-refractivity contribution in [3.8, 4) is 11.1 Å². The lowest BCUT2D eigenvalue weighted by Gasteiger charge is -2.28. The van der Waals surface area contributed by atoms with Gasteiger partial charge in [0.05, 0.1) is 6.10 Å². The lowest BCUT2D eigenvalue weighted by atomic mass is 9.84. The van der Waals surface area contributed by atoms with Crippen LogP contribution in [0, 0.1) is 0 Å². The number of aliphatic hydroxyl groups excluding tert-OH is 1. The van der Waals surface area contributed by atoms with Crippen molar-refractivity contribution in [2.24, 2.45) is 0 Å². The van der Waals surface area contributed by atoms with Crippen LogP contribution in [0.1, 0.15) is 58.8 Å². The van der Waals surface area contributed by atoms with Gasteiger partial charge in [0.1, 0.15) is 0 Å². The van der Waals surface area contributed by atoms with Gasteiger partial charge in [-0.25, -0.2) is 0 Å². The van der Waals surface area contributed by atoms with E-state index in [0.717, 1.165) is 23.3 Å². The van der Waals surface area contributed by atoms with Gasteiger partial charge in [0.2, 0.25) is 0 Å². The van der Waals surface area contributed by atoms with Crippen LogP contribution in [-0.2, 0) is 5.41 Å². The summed E-state index contributed by atoms with van der Waals surface area (Å²) < 4.78 is 0. The van der Waals surface area contributed by atoms with Gasteiger partial charge < -0.3 is 10.4 Å². The molecule has 0 saturated heterocycles. The zero-order valence-electron chi connectivity index (χ0n) is 16.0. The first-order chi connectivity index (χ1) is 13.6. The Labute approximate surface area is 174 Å². The lowest BCUT2D eigenvalue weighted by molar-refractivity contribution is 0.0943. The van der Waals surface area contributed by atoms with Gasteiger partial charge in [0, 0.05) is 27.3 Å². The summed E-state index contributed by atoms with van der Waals surface area (Å²) in [6.45, 7) is 2.45. The quantitative estimate of drug-likeness (QED) is 0.541. The zero-order chi connectivity index (χ0) is 19.6. The van der Waals surface area contributed by atoms with E-state index in [2.05, 4.69) is 28.2 Å². The van der Waals surface area contributed by atoms with Crippen LogP contribution in [0.3, 0.4) is 0 Å². The number of rotatable bonds is 6. The molecule has 0 radical (unpaired) electrons. The number of nitrogens with one attached hydrogen (secondary N) is 1. The number of hydrogen-bond donors (Lipinski definition) is 2. The summed E-state index contributed by atoms with van der Waals surface area (Å²) in [6, 6.07) is 14.1. The molecule has 5 heteroatoms. The minimum atomic E-state index is -0.437. The maximum atomic E-state index is 12.7. The van der Waals surface area contributed by atoms with Crippen LogP contribution in [0.5, 0.6) is 0 Å². The third-order valence-electron chi connectivity index (χ3n) is 5.71. The van der Waals surface area contributed by atoms with Crippen molar-refractivity contribution in [3.05, 3.63) is 68.5 Å². The SMILES string of the molecule is C[C@@H](O)c1ccc(C2(CNC(=O)c3ccc(-c4ccsc4)cc3)CCCC2)s1. The summed E-state index contributed by atoms with van der Waals surface area (Å²) in [6.07, 6.45) is 4.11. The van der Waals surface area contributed by atoms with Gasteiger partial charge in [-0.05, 0) is 72.0 Å². The lowest BCUT2D eigenvalue weighted by Crippen LogP contribution is -2.38. The number of hydrogen-bond acceptors (Lipinski definition) is 4. The molecule has 28 heavy (non-hydrogen) atoms. The minimum absolute atomic E-state index is 0.00405. The van der Waals surface area contributed by atoms with Gasteiger partial charge in [-0.15, -0.1) is 11.3 Å². The molecule has 146 valence electrons. The Hall–Kier alpha value is -1.95. The van der Waals surface area contributed by atoms with Gasteiger partial charge >= 0.3 is 0 Å². The van der Waals surface area contributed by atoms with E-state index in [1.54, 1.807) is 29.6 Å². The highest BCUT2D eigenvalue weighted by molar-refractivity contribution is 7.12. The van der Waals surface area contributed by atoms with E-state index < -0.39 is 6.10 Å². The molecule has 1 atom stereocenters. The Bertz CT molecular complexity index is 920. The Morgan fingerprint density at radius 1 is 1.11 bits per heavy atom. The van der Waals surface area contributed by atoms with Crippen LogP contribution in [0.25, 0.3) is 11.1 Å². The van der Waals surface area contributed by atoms with Crippen molar-refractivity contribution < 1.29 is 9.90 Å². The highest BCUT2D eigenvalue weighted by Crippen LogP contribution is 2.44. The number of benzene rings is 1. The molecule has 1 saturated carbocycles. The number of carbonyl (C=O) groups excluding carboxylic acids is 1. The van der Waals surface area contributed by atoms with E-state index in [1.165, 1.54) is 23.3 Å². The molecule has 3 aromatic rings. The molecule has 1 aromatic carbocycles. The number of thiophene rings is 2. The zero-order valence-corrected chi connectivity index (χ0v) is 17.6. The highest BCUT2D eigenvalue weighted by Gasteiger charge is 2.37. The molecule has 0 bridgehead atoms. The van der Waals surface area contributed by atoms with Gasteiger partial charge in [-0.3, -0.25) is 4.79 Å². The molecule has 4 rings (SSSR count). The monoisotopic (exact) mass is 411 g/mol. The molecule has 2 N–H and O–H groups in total. The van der Waals surface area contributed by atoms with Gasteiger partial charge in [-0.2, -0.15) is 11.3 Å². The second kappa shape index (κ2) is 8.19. The van der Waals surface area contributed by atoms with Crippen LogP contribution < -0.4 is 5.32 Å². The minimum Gasteiger partial charge on any atom is -0.388 e. The van der Waals surface area contributed by atoms with Crippen molar-refractivity contribution in [1.29, 1.82) is 0 Å². The Kier molecular flexibility index (Phi) is 5.67. The molecule has 1 aliphatic rings. The topological polar surface area (TPSA) is 49.3 Å². The van der Waals surface area contributed by atoms with Crippen molar-refractivity contribution in [2.45, 2.75) is 44.1 Å². The summed E-state index contributed by atoms with van der Waals surface area (Å²) in [5.41, 5.74) is 3.02. The van der Waals surface area contributed by atoms with E-state index in [-0.39, 0.29) is 11.3 Å². The van der Waals surface area contributed by atoms with Crippen LogP contribution in [0.15, 0.2) is 53.2 Å².